The third kappa shape index (κ3) is 2.97. The van der Waals surface area contributed by atoms with Gasteiger partial charge in [-0.2, -0.15) is 0 Å². The van der Waals surface area contributed by atoms with Crippen LogP contribution in [0.2, 0.25) is 0 Å². The van der Waals surface area contributed by atoms with E-state index in [-0.39, 0.29) is 6.10 Å². The number of nitrogens with one attached hydrogen (secondary N) is 1. The summed E-state index contributed by atoms with van der Waals surface area (Å²) in [5, 5.41) is 4.29. The second-order valence-corrected chi connectivity index (χ2v) is 5.91. The Bertz CT molecular complexity index is 571. The van der Waals surface area contributed by atoms with Gasteiger partial charge >= 0.3 is 0 Å². The van der Waals surface area contributed by atoms with Crippen molar-refractivity contribution in [3.05, 3.63) is 18.2 Å². The number of hydrogen-bond donors (Lipinski definition) is 2. The maximum absolute atomic E-state index is 5.77. The smallest absolute Gasteiger partial charge is 0.183 e. The van der Waals surface area contributed by atoms with Crippen LogP contribution in [0.4, 0.5) is 10.8 Å². The summed E-state index contributed by atoms with van der Waals surface area (Å²) in [6.45, 7) is 3.57. The summed E-state index contributed by atoms with van der Waals surface area (Å²) in [6, 6.07) is 5.80. The number of nitrogens with two attached hydrogens (primary N) is 1. The van der Waals surface area contributed by atoms with Gasteiger partial charge in [0.15, 0.2) is 5.13 Å². The van der Waals surface area contributed by atoms with E-state index >= 15 is 0 Å². The molecule has 6 heteroatoms. The molecule has 1 aliphatic heterocycles. The van der Waals surface area contributed by atoms with Crippen LogP contribution in [0.3, 0.4) is 0 Å². The summed E-state index contributed by atoms with van der Waals surface area (Å²) in [5.41, 5.74) is 7.54. The van der Waals surface area contributed by atoms with Gasteiger partial charge in [0.1, 0.15) is 0 Å². The number of rotatable bonds is 3. The zero-order chi connectivity index (χ0) is 13.2. The lowest BCUT2D eigenvalue weighted by Crippen LogP contribution is -2.43. The summed E-state index contributed by atoms with van der Waals surface area (Å²) < 4.78 is 6.83. The summed E-state index contributed by atoms with van der Waals surface area (Å²) in [4.78, 5) is 6.83. The lowest BCUT2D eigenvalue weighted by atomic mass is 10.3. The molecule has 0 radical (unpaired) electrons. The highest BCUT2D eigenvalue weighted by Crippen LogP contribution is 2.27. The second-order valence-electron chi connectivity index (χ2n) is 4.88. The number of nitrogen functional groups attached to an aromatic ring is 1. The minimum atomic E-state index is 0.232. The molecular weight excluding hydrogens is 260 g/mol. The molecule has 1 atom stereocenters. The van der Waals surface area contributed by atoms with E-state index < -0.39 is 0 Å². The molecule has 1 unspecified atom stereocenters. The van der Waals surface area contributed by atoms with Crippen LogP contribution in [0, 0.1) is 0 Å². The largest absolute Gasteiger partial charge is 0.399 e. The molecule has 1 aliphatic rings. The fourth-order valence-corrected chi connectivity index (χ4v) is 3.13. The maximum atomic E-state index is 5.77. The van der Waals surface area contributed by atoms with Crippen LogP contribution in [0.5, 0.6) is 0 Å². The molecule has 1 aromatic heterocycles. The molecule has 1 aromatic carbocycles. The number of thiazole rings is 1. The Balaban J connectivity index is 1.65. The van der Waals surface area contributed by atoms with E-state index in [4.69, 9.17) is 10.5 Å². The van der Waals surface area contributed by atoms with Gasteiger partial charge in [-0.05, 0) is 25.2 Å². The number of morpholine rings is 1. The van der Waals surface area contributed by atoms with E-state index in [1.807, 2.05) is 18.2 Å². The van der Waals surface area contributed by atoms with Crippen molar-refractivity contribution in [1.82, 2.24) is 9.88 Å². The van der Waals surface area contributed by atoms with Crippen LogP contribution in [0.1, 0.15) is 0 Å². The number of benzene rings is 1. The SMILES string of the molecule is CN1CCOC(CNc2nc3ccc(N)cc3s2)C1. The van der Waals surface area contributed by atoms with Gasteiger partial charge in [0.25, 0.3) is 0 Å². The first-order valence-corrected chi connectivity index (χ1v) is 7.22. The average Bonchev–Trinajstić information content (AvgIpc) is 2.78. The lowest BCUT2D eigenvalue weighted by molar-refractivity contribution is -0.0117. The molecule has 0 aliphatic carbocycles. The minimum Gasteiger partial charge on any atom is -0.399 e. The van der Waals surface area contributed by atoms with Crippen LogP contribution in [0.25, 0.3) is 10.2 Å². The van der Waals surface area contributed by atoms with Gasteiger partial charge in [0.05, 0.1) is 22.9 Å². The third-order valence-electron chi connectivity index (χ3n) is 3.24. The number of anilines is 2. The van der Waals surface area contributed by atoms with Gasteiger partial charge in [0, 0.05) is 25.3 Å². The van der Waals surface area contributed by atoms with Crippen LogP contribution < -0.4 is 11.1 Å². The molecule has 102 valence electrons. The van der Waals surface area contributed by atoms with Gasteiger partial charge in [0.2, 0.25) is 0 Å². The molecule has 1 saturated heterocycles. The monoisotopic (exact) mass is 278 g/mol. The van der Waals surface area contributed by atoms with Crippen molar-refractivity contribution in [1.29, 1.82) is 0 Å². The number of nitrogens with zero attached hydrogens (tertiary/aromatic N) is 2. The van der Waals surface area contributed by atoms with Crippen molar-refractivity contribution < 1.29 is 4.74 Å². The Morgan fingerprint density at radius 1 is 1.58 bits per heavy atom. The van der Waals surface area contributed by atoms with Crippen LogP contribution in [-0.2, 0) is 4.74 Å². The molecule has 0 saturated carbocycles. The Labute approximate surface area is 116 Å². The zero-order valence-electron chi connectivity index (χ0n) is 10.9. The fourth-order valence-electron chi connectivity index (χ4n) is 2.21. The van der Waals surface area contributed by atoms with Crippen molar-refractivity contribution >= 4 is 32.4 Å². The highest BCUT2D eigenvalue weighted by molar-refractivity contribution is 7.22. The van der Waals surface area contributed by atoms with Crippen LogP contribution in [0.15, 0.2) is 18.2 Å². The molecule has 0 spiro atoms. The van der Waals surface area contributed by atoms with Gasteiger partial charge in [-0.1, -0.05) is 11.3 Å². The Kier molecular flexibility index (Phi) is 3.54. The first-order valence-electron chi connectivity index (χ1n) is 6.41. The maximum Gasteiger partial charge on any atom is 0.183 e. The van der Waals surface area contributed by atoms with Crippen molar-refractivity contribution in [2.75, 3.05) is 44.3 Å². The molecule has 0 bridgehead atoms. The molecule has 2 heterocycles. The van der Waals surface area contributed by atoms with Crippen molar-refractivity contribution in [2.45, 2.75) is 6.10 Å². The highest BCUT2D eigenvalue weighted by Gasteiger charge is 2.17. The number of aromatic nitrogens is 1. The Morgan fingerprint density at radius 2 is 2.47 bits per heavy atom. The molecule has 0 amide bonds. The van der Waals surface area contributed by atoms with E-state index in [9.17, 15) is 0 Å². The summed E-state index contributed by atoms with van der Waals surface area (Å²) in [5.74, 6) is 0. The number of likely N-dealkylation sites (N-methyl/N-ethyl adjacent to an activating group) is 1. The summed E-state index contributed by atoms with van der Waals surface area (Å²) >= 11 is 1.63. The van der Waals surface area contributed by atoms with E-state index in [2.05, 4.69) is 22.2 Å². The number of ether oxygens (including phenoxy) is 1. The predicted octanol–water partition coefficient (Wildman–Crippen LogP) is 1.62. The Hall–Kier alpha value is -1.37. The Morgan fingerprint density at radius 3 is 3.32 bits per heavy atom. The first-order chi connectivity index (χ1) is 9.20. The predicted molar refractivity (Wildman–Crippen MR) is 79.8 cm³/mol. The fraction of sp³-hybridized carbons (Fsp3) is 0.462. The van der Waals surface area contributed by atoms with Gasteiger partial charge in [-0.3, -0.25) is 0 Å². The second kappa shape index (κ2) is 5.32. The van der Waals surface area contributed by atoms with E-state index in [0.29, 0.717) is 0 Å². The first kappa shape index (κ1) is 12.7. The molecule has 3 rings (SSSR count). The standard InChI is InChI=1S/C13H18N4OS/c1-17-4-5-18-10(8-17)7-15-13-16-11-3-2-9(14)6-12(11)19-13/h2-3,6,10H,4-5,7-8,14H2,1H3,(H,15,16). The van der Waals surface area contributed by atoms with Crippen molar-refractivity contribution in [3.63, 3.8) is 0 Å². The highest BCUT2D eigenvalue weighted by atomic mass is 32.1. The molecule has 1 fully saturated rings. The van der Waals surface area contributed by atoms with Crippen molar-refractivity contribution in [2.24, 2.45) is 0 Å². The average molecular weight is 278 g/mol. The van der Waals surface area contributed by atoms with Gasteiger partial charge in [-0.15, -0.1) is 0 Å². The normalized spacial score (nSPS) is 20.8. The van der Waals surface area contributed by atoms with E-state index in [0.717, 1.165) is 47.3 Å². The minimum absolute atomic E-state index is 0.232. The summed E-state index contributed by atoms with van der Waals surface area (Å²) in [7, 11) is 2.12. The van der Waals surface area contributed by atoms with E-state index in [1.54, 1.807) is 11.3 Å². The van der Waals surface area contributed by atoms with Crippen molar-refractivity contribution in [3.8, 4) is 0 Å². The third-order valence-corrected chi connectivity index (χ3v) is 4.21. The van der Waals surface area contributed by atoms with Gasteiger partial charge < -0.3 is 20.7 Å². The quantitative estimate of drug-likeness (QED) is 0.835. The molecule has 5 nitrogen and oxygen atoms in total. The van der Waals surface area contributed by atoms with E-state index in [1.165, 1.54) is 0 Å². The number of fused-ring (bicyclic) bond motifs is 1. The number of hydrogen-bond acceptors (Lipinski definition) is 6. The zero-order valence-corrected chi connectivity index (χ0v) is 11.7. The van der Waals surface area contributed by atoms with Crippen LogP contribution in [-0.4, -0.2) is 49.3 Å². The molecular formula is C13H18N4OS. The molecule has 3 N–H and O–H groups in total. The summed E-state index contributed by atoms with van der Waals surface area (Å²) in [6.07, 6.45) is 0.232. The molecule has 19 heavy (non-hydrogen) atoms. The molecule has 2 aromatic rings. The lowest BCUT2D eigenvalue weighted by Gasteiger charge is -2.29. The van der Waals surface area contributed by atoms with Crippen LogP contribution >= 0.6 is 11.3 Å². The van der Waals surface area contributed by atoms with Gasteiger partial charge in [-0.25, -0.2) is 4.98 Å². The topological polar surface area (TPSA) is 63.4 Å².